The van der Waals surface area contributed by atoms with Gasteiger partial charge in [0.2, 0.25) is 0 Å². The maximum Gasteiger partial charge on any atom is 0.0688 e. The Hall–Kier alpha value is -3.95. The Balaban J connectivity index is 1.59. The van der Waals surface area contributed by atoms with E-state index in [0.29, 0.717) is 0 Å². The van der Waals surface area contributed by atoms with Crippen LogP contribution in [-0.4, -0.2) is 9.55 Å². The number of fused-ring (bicyclic) bond motifs is 9. The van der Waals surface area contributed by atoms with Crippen LogP contribution in [-0.2, 0) is 0 Å². The molecule has 0 amide bonds. The van der Waals surface area contributed by atoms with Gasteiger partial charge in [-0.3, -0.25) is 0 Å². The summed E-state index contributed by atoms with van der Waals surface area (Å²) in [6, 6.07) is 37.4. The topological polar surface area (TPSA) is 20.7 Å². The van der Waals surface area contributed by atoms with E-state index in [1.807, 2.05) is 11.8 Å². The van der Waals surface area contributed by atoms with Crippen molar-refractivity contribution < 1.29 is 0 Å². The van der Waals surface area contributed by atoms with E-state index >= 15 is 0 Å². The average molecular weight is 439 g/mol. The largest absolute Gasteiger partial charge is 0.354 e. The van der Waals surface area contributed by atoms with E-state index in [9.17, 15) is 0 Å². The zero-order valence-electron chi connectivity index (χ0n) is 17.7. The standard InChI is InChI=1S/C30H18N2S/c1-2-8-18(9-3-1)19-14-15-22-21(16-19)28-23(31-22)17-27-30-29(28)20-10-4-5-11-24(20)32(30)25-12-6-7-13-26(25)33-27/h1-17,31H. The minimum absolute atomic E-state index is 1.18. The third-order valence-corrected chi connectivity index (χ3v) is 7.99. The van der Waals surface area contributed by atoms with Crippen molar-refractivity contribution in [1.82, 2.24) is 9.55 Å². The van der Waals surface area contributed by atoms with Gasteiger partial charge in [-0.15, -0.1) is 0 Å². The van der Waals surface area contributed by atoms with Gasteiger partial charge < -0.3 is 9.55 Å². The number of para-hydroxylation sites is 2. The molecule has 1 aliphatic heterocycles. The number of hydrogen-bond donors (Lipinski definition) is 1. The molecule has 0 saturated carbocycles. The molecule has 0 saturated heterocycles. The average Bonchev–Trinajstić information content (AvgIpc) is 3.41. The van der Waals surface area contributed by atoms with Gasteiger partial charge in [0.15, 0.2) is 0 Å². The van der Waals surface area contributed by atoms with Gasteiger partial charge in [0.05, 0.1) is 16.7 Å². The van der Waals surface area contributed by atoms with Gasteiger partial charge in [0.1, 0.15) is 0 Å². The summed E-state index contributed by atoms with van der Waals surface area (Å²) in [4.78, 5) is 6.33. The van der Waals surface area contributed by atoms with Crippen LogP contribution >= 0.6 is 11.8 Å². The maximum absolute atomic E-state index is 3.72. The highest BCUT2D eigenvalue weighted by Crippen LogP contribution is 2.50. The summed E-state index contributed by atoms with van der Waals surface area (Å²) < 4.78 is 2.46. The highest BCUT2D eigenvalue weighted by Gasteiger charge is 2.25. The number of H-pyrrole nitrogens is 1. The number of rotatable bonds is 1. The number of nitrogens with zero attached hydrogens (tertiary/aromatic N) is 1. The van der Waals surface area contributed by atoms with Crippen LogP contribution < -0.4 is 0 Å². The summed E-state index contributed by atoms with van der Waals surface area (Å²) in [6.07, 6.45) is 0. The van der Waals surface area contributed by atoms with Gasteiger partial charge in [-0.2, -0.15) is 0 Å². The fraction of sp³-hybridized carbons (Fsp3) is 0. The van der Waals surface area contributed by atoms with Gasteiger partial charge in [0, 0.05) is 42.4 Å². The predicted molar refractivity (Wildman–Crippen MR) is 140 cm³/mol. The van der Waals surface area contributed by atoms with Gasteiger partial charge in [0.25, 0.3) is 0 Å². The summed E-state index contributed by atoms with van der Waals surface area (Å²) >= 11 is 1.87. The van der Waals surface area contributed by atoms with Crippen LogP contribution in [0.2, 0.25) is 0 Å². The van der Waals surface area contributed by atoms with Crippen molar-refractivity contribution in [2.24, 2.45) is 0 Å². The molecule has 33 heavy (non-hydrogen) atoms. The molecule has 0 aliphatic carbocycles. The SMILES string of the molecule is c1ccc(-c2ccc3[nH]c4cc5c6c(c7ccccc7n6-c6ccccc6S5)c4c3c2)cc1. The lowest BCUT2D eigenvalue weighted by atomic mass is 10.0. The van der Waals surface area contributed by atoms with Gasteiger partial charge in [-0.05, 0) is 47.5 Å². The highest BCUT2D eigenvalue weighted by molar-refractivity contribution is 7.99. The minimum atomic E-state index is 1.18. The van der Waals surface area contributed by atoms with Crippen LogP contribution in [0, 0.1) is 0 Å². The van der Waals surface area contributed by atoms with Gasteiger partial charge in [-0.25, -0.2) is 0 Å². The number of hydrogen-bond acceptors (Lipinski definition) is 1. The van der Waals surface area contributed by atoms with Crippen LogP contribution in [0.5, 0.6) is 0 Å². The molecule has 1 N–H and O–H groups in total. The molecule has 0 unspecified atom stereocenters. The molecule has 8 rings (SSSR count). The number of nitrogens with one attached hydrogen (secondary N) is 1. The van der Waals surface area contributed by atoms with Crippen molar-refractivity contribution in [1.29, 1.82) is 0 Å². The van der Waals surface area contributed by atoms with Crippen LogP contribution in [0.15, 0.2) is 113 Å². The van der Waals surface area contributed by atoms with E-state index in [-0.39, 0.29) is 0 Å². The lowest BCUT2D eigenvalue weighted by Gasteiger charge is -2.20. The predicted octanol–water partition coefficient (Wildman–Crippen LogP) is 8.55. The molecule has 2 nitrogen and oxygen atoms in total. The first-order valence-electron chi connectivity index (χ1n) is 11.2. The summed E-state index contributed by atoms with van der Waals surface area (Å²) in [5.74, 6) is 0. The summed E-state index contributed by atoms with van der Waals surface area (Å²) in [7, 11) is 0. The molecule has 5 aromatic carbocycles. The first-order valence-corrected chi connectivity index (χ1v) is 12.0. The first kappa shape index (κ1) is 17.6. The van der Waals surface area contributed by atoms with Gasteiger partial charge in [-0.1, -0.05) is 78.5 Å². The van der Waals surface area contributed by atoms with Crippen molar-refractivity contribution in [2.45, 2.75) is 9.79 Å². The normalized spacial score (nSPS) is 12.7. The van der Waals surface area contributed by atoms with Crippen LogP contribution in [0.3, 0.4) is 0 Å². The molecule has 3 heterocycles. The smallest absolute Gasteiger partial charge is 0.0688 e. The second-order valence-corrected chi connectivity index (χ2v) is 9.78. The highest BCUT2D eigenvalue weighted by atomic mass is 32.2. The van der Waals surface area contributed by atoms with E-state index < -0.39 is 0 Å². The van der Waals surface area contributed by atoms with E-state index in [4.69, 9.17) is 0 Å². The molecule has 0 radical (unpaired) electrons. The Morgan fingerprint density at radius 3 is 2.33 bits per heavy atom. The zero-order chi connectivity index (χ0) is 21.5. The molecular formula is C30H18N2S. The van der Waals surface area contributed by atoms with E-state index in [2.05, 4.69) is 113 Å². The van der Waals surface area contributed by atoms with Crippen molar-refractivity contribution in [2.75, 3.05) is 0 Å². The molecule has 1 aliphatic rings. The quantitative estimate of drug-likeness (QED) is 0.272. The Morgan fingerprint density at radius 1 is 0.576 bits per heavy atom. The Labute approximate surface area is 194 Å². The van der Waals surface area contributed by atoms with Crippen molar-refractivity contribution in [3.8, 4) is 16.8 Å². The Morgan fingerprint density at radius 2 is 1.39 bits per heavy atom. The monoisotopic (exact) mass is 438 g/mol. The number of aromatic nitrogens is 2. The third-order valence-electron chi connectivity index (χ3n) is 6.89. The van der Waals surface area contributed by atoms with E-state index in [1.54, 1.807) is 0 Å². The Bertz CT molecular complexity index is 1890. The molecule has 2 aromatic heterocycles. The fourth-order valence-electron chi connectivity index (χ4n) is 5.50. The fourth-order valence-corrected chi connectivity index (χ4v) is 6.62. The zero-order valence-corrected chi connectivity index (χ0v) is 18.5. The third kappa shape index (κ3) is 2.30. The summed E-state index contributed by atoms with van der Waals surface area (Å²) in [5, 5.41) is 5.25. The Kier molecular flexibility index (Phi) is 3.36. The van der Waals surface area contributed by atoms with E-state index in [1.165, 1.54) is 70.2 Å². The van der Waals surface area contributed by atoms with Crippen LogP contribution in [0.4, 0.5) is 0 Å². The lowest BCUT2D eigenvalue weighted by molar-refractivity contribution is 1.09. The number of benzene rings is 5. The second kappa shape index (κ2) is 6.31. The summed E-state index contributed by atoms with van der Waals surface area (Å²) in [6.45, 7) is 0. The molecule has 3 heteroatoms. The van der Waals surface area contributed by atoms with Crippen molar-refractivity contribution in [3.63, 3.8) is 0 Å². The molecule has 0 fully saturated rings. The molecule has 0 spiro atoms. The van der Waals surface area contributed by atoms with Gasteiger partial charge >= 0.3 is 0 Å². The molecular weight excluding hydrogens is 420 g/mol. The van der Waals surface area contributed by atoms with Crippen LogP contribution in [0.1, 0.15) is 0 Å². The van der Waals surface area contributed by atoms with Crippen molar-refractivity contribution in [3.05, 3.63) is 103 Å². The molecule has 7 aromatic rings. The van der Waals surface area contributed by atoms with E-state index in [0.717, 1.165) is 0 Å². The minimum Gasteiger partial charge on any atom is -0.354 e. The molecule has 0 bridgehead atoms. The second-order valence-electron chi connectivity index (χ2n) is 8.69. The first-order chi connectivity index (χ1) is 16.4. The van der Waals surface area contributed by atoms with Crippen LogP contribution in [0.25, 0.3) is 60.4 Å². The lowest BCUT2D eigenvalue weighted by Crippen LogP contribution is -2.01. The molecule has 0 atom stereocenters. The van der Waals surface area contributed by atoms with Crippen molar-refractivity contribution >= 4 is 55.4 Å². The maximum atomic E-state index is 3.72. The molecule has 154 valence electrons. The number of aromatic amines is 1. The summed E-state index contributed by atoms with van der Waals surface area (Å²) in [5.41, 5.74) is 8.73.